The molecule has 1 aliphatic heterocycles. The number of nitrogens with one attached hydrogen (secondary N) is 2. The van der Waals surface area contributed by atoms with Gasteiger partial charge in [-0.05, 0) is 32.5 Å². The van der Waals surface area contributed by atoms with Crippen molar-refractivity contribution in [1.29, 1.82) is 0 Å². The van der Waals surface area contributed by atoms with E-state index in [0.29, 0.717) is 12.0 Å². The van der Waals surface area contributed by atoms with Crippen molar-refractivity contribution in [3.05, 3.63) is 34.2 Å². The van der Waals surface area contributed by atoms with Gasteiger partial charge in [-0.2, -0.15) is 5.10 Å². The molecule has 120 valence electrons. The Kier molecular flexibility index (Phi) is 4.81. The summed E-state index contributed by atoms with van der Waals surface area (Å²) in [4.78, 5) is 3.71. The van der Waals surface area contributed by atoms with Gasteiger partial charge in [-0.1, -0.05) is 6.07 Å². The van der Waals surface area contributed by atoms with Crippen molar-refractivity contribution in [2.45, 2.75) is 19.5 Å². The molecule has 2 aromatic rings. The second kappa shape index (κ2) is 6.81. The van der Waals surface area contributed by atoms with E-state index < -0.39 is 0 Å². The first-order valence-electron chi connectivity index (χ1n) is 7.82. The van der Waals surface area contributed by atoms with Crippen LogP contribution in [0.1, 0.15) is 16.6 Å². The van der Waals surface area contributed by atoms with E-state index in [1.54, 1.807) is 0 Å². The lowest BCUT2D eigenvalue weighted by molar-refractivity contribution is 0.283. The van der Waals surface area contributed by atoms with Crippen molar-refractivity contribution < 1.29 is 0 Å². The zero-order valence-corrected chi connectivity index (χ0v) is 14.4. The number of rotatable bonds is 6. The first-order valence-corrected chi connectivity index (χ1v) is 8.70. The van der Waals surface area contributed by atoms with Gasteiger partial charge in [0.2, 0.25) is 0 Å². The van der Waals surface area contributed by atoms with Gasteiger partial charge in [0.15, 0.2) is 0 Å². The van der Waals surface area contributed by atoms with Gasteiger partial charge in [-0.15, -0.1) is 11.3 Å². The van der Waals surface area contributed by atoms with E-state index in [4.69, 9.17) is 0 Å². The zero-order chi connectivity index (χ0) is 15.5. The Bertz CT molecular complexity index is 590. The lowest BCUT2D eigenvalue weighted by atomic mass is 10.1. The Morgan fingerprint density at radius 1 is 1.55 bits per heavy atom. The van der Waals surface area contributed by atoms with E-state index in [1.165, 1.54) is 4.88 Å². The van der Waals surface area contributed by atoms with Crippen molar-refractivity contribution in [3.63, 3.8) is 0 Å². The molecule has 0 aliphatic carbocycles. The lowest BCUT2D eigenvalue weighted by Gasteiger charge is -2.27. The number of hydrogen-bond acceptors (Lipinski definition) is 5. The smallest absolute Gasteiger partial charge is 0.124 e. The third-order valence-corrected chi connectivity index (χ3v) is 5.14. The van der Waals surface area contributed by atoms with Crippen molar-refractivity contribution in [3.8, 4) is 0 Å². The molecule has 3 rings (SSSR count). The zero-order valence-electron chi connectivity index (χ0n) is 13.5. The molecule has 2 atom stereocenters. The molecule has 3 heterocycles. The van der Waals surface area contributed by atoms with Gasteiger partial charge < -0.3 is 15.5 Å². The molecule has 0 aromatic carbocycles. The minimum absolute atomic E-state index is 0.444. The summed E-state index contributed by atoms with van der Waals surface area (Å²) in [7, 11) is 4.29. The quantitative estimate of drug-likeness (QED) is 0.857. The van der Waals surface area contributed by atoms with Gasteiger partial charge in [-0.25, -0.2) is 4.68 Å². The SMILES string of the molecule is Cc1cc2n(n1)C[C@H](CNC[C@H](c1cccs1)N(C)C)CN2. The molecule has 22 heavy (non-hydrogen) atoms. The molecule has 5 nitrogen and oxygen atoms in total. The molecular formula is C16H25N5S. The Hall–Kier alpha value is -1.37. The van der Waals surface area contributed by atoms with Crippen LogP contribution >= 0.6 is 11.3 Å². The number of fused-ring (bicyclic) bond motifs is 1. The molecule has 0 unspecified atom stereocenters. The monoisotopic (exact) mass is 319 g/mol. The minimum atomic E-state index is 0.444. The Labute approximate surface area is 136 Å². The molecule has 0 saturated carbocycles. The highest BCUT2D eigenvalue weighted by Gasteiger charge is 2.20. The lowest BCUT2D eigenvalue weighted by Crippen LogP contribution is -2.38. The number of hydrogen-bond donors (Lipinski definition) is 2. The van der Waals surface area contributed by atoms with Gasteiger partial charge in [0.05, 0.1) is 11.7 Å². The number of aryl methyl sites for hydroxylation is 1. The molecule has 0 amide bonds. The third-order valence-electron chi connectivity index (χ3n) is 4.17. The second-order valence-electron chi connectivity index (χ2n) is 6.25. The summed E-state index contributed by atoms with van der Waals surface area (Å²) >= 11 is 1.83. The van der Waals surface area contributed by atoms with Crippen LogP contribution in [0.2, 0.25) is 0 Å². The molecule has 2 aromatic heterocycles. The standard InChI is InChI=1S/C16H25N5S/c1-12-7-16-18-9-13(11-21(16)19-12)8-17-10-14(20(2)3)15-5-4-6-22-15/h4-7,13-14,17-18H,8-11H2,1-3H3/t13-,14-/m1/s1. The van der Waals surface area contributed by atoms with E-state index >= 15 is 0 Å². The van der Waals surface area contributed by atoms with Crippen LogP contribution in [0.15, 0.2) is 23.6 Å². The van der Waals surface area contributed by atoms with E-state index in [-0.39, 0.29) is 0 Å². The molecule has 0 bridgehead atoms. The maximum absolute atomic E-state index is 4.53. The molecule has 2 N–H and O–H groups in total. The van der Waals surface area contributed by atoms with Gasteiger partial charge >= 0.3 is 0 Å². The largest absolute Gasteiger partial charge is 0.370 e. The maximum atomic E-state index is 4.53. The number of anilines is 1. The van der Waals surface area contributed by atoms with Gasteiger partial charge in [0, 0.05) is 43.0 Å². The van der Waals surface area contributed by atoms with Crippen LogP contribution in [0.4, 0.5) is 5.82 Å². The molecule has 6 heteroatoms. The van der Waals surface area contributed by atoms with Crippen molar-refractivity contribution in [1.82, 2.24) is 20.0 Å². The van der Waals surface area contributed by atoms with Crippen LogP contribution < -0.4 is 10.6 Å². The summed E-state index contributed by atoms with van der Waals surface area (Å²) < 4.78 is 2.09. The third kappa shape index (κ3) is 3.51. The minimum Gasteiger partial charge on any atom is -0.370 e. The topological polar surface area (TPSA) is 45.1 Å². The average molecular weight is 319 g/mol. The summed E-state index contributed by atoms with van der Waals surface area (Å²) in [5, 5.41) is 13.8. The predicted octanol–water partition coefficient (Wildman–Crippen LogP) is 2.19. The van der Waals surface area contributed by atoms with E-state index in [9.17, 15) is 0 Å². The highest BCUT2D eigenvalue weighted by atomic mass is 32.1. The number of likely N-dealkylation sites (N-methyl/N-ethyl adjacent to an activating group) is 1. The average Bonchev–Trinajstić information content (AvgIpc) is 3.10. The first-order chi connectivity index (χ1) is 10.6. The second-order valence-corrected chi connectivity index (χ2v) is 7.23. The highest BCUT2D eigenvalue weighted by molar-refractivity contribution is 7.10. The van der Waals surface area contributed by atoms with Crippen molar-refractivity contribution >= 4 is 17.2 Å². The Morgan fingerprint density at radius 2 is 2.41 bits per heavy atom. The van der Waals surface area contributed by atoms with E-state index in [2.05, 4.69) is 63.0 Å². The van der Waals surface area contributed by atoms with E-state index in [0.717, 1.165) is 37.7 Å². The first kappa shape index (κ1) is 15.5. The van der Waals surface area contributed by atoms with Crippen LogP contribution in [0.3, 0.4) is 0 Å². The van der Waals surface area contributed by atoms with Gasteiger partial charge in [-0.3, -0.25) is 0 Å². The van der Waals surface area contributed by atoms with Crippen LogP contribution in [0.25, 0.3) is 0 Å². The fourth-order valence-electron chi connectivity index (χ4n) is 2.96. The summed E-state index contributed by atoms with van der Waals surface area (Å²) in [6, 6.07) is 6.91. The fourth-order valence-corrected chi connectivity index (χ4v) is 3.89. The molecule has 0 fully saturated rings. The van der Waals surface area contributed by atoms with Crippen molar-refractivity contribution in [2.75, 3.05) is 39.0 Å². The molecule has 0 radical (unpaired) electrons. The predicted molar refractivity (Wildman–Crippen MR) is 92.6 cm³/mol. The summed E-state index contributed by atoms with van der Waals surface area (Å²) in [5.74, 6) is 1.73. The Balaban J connectivity index is 1.51. The number of nitrogens with zero attached hydrogens (tertiary/aromatic N) is 3. The van der Waals surface area contributed by atoms with E-state index in [1.807, 2.05) is 18.3 Å². The van der Waals surface area contributed by atoms with Crippen LogP contribution in [0.5, 0.6) is 0 Å². The molecule has 1 aliphatic rings. The fraction of sp³-hybridized carbons (Fsp3) is 0.562. The Morgan fingerprint density at radius 3 is 3.14 bits per heavy atom. The summed E-state index contributed by atoms with van der Waals surface area (Å²) in [6.45, 7) is 6.05. The van der Waals surface area contributed by atoms with Crippen LogP contribution in [-0.4, -0.2) is 48.4 Å². The maximum Gasteiger partial charge on any atom is 0.124 e. The normalized spacial score (nSPS) is 19.0. The summed E-state index contributed by atoms with van der Waals surface area (Å²) in [6.07, 6.45) is 0. The van der Waals surface area contributed by atoms with Gasteiger partial charge in [0.25, 0.3) is 0 Å². The van der Waals surface area contributed by atoms with Gasteiger partial charge in [0.1, 0.15) is 5.82 Å². The highest BCUT2D eigenvalue weighted by Crippen LogP contribution is 2.23. The summed E-state index contributed by atoms with van der Waals surface area (Å²) in [5.41, 5.74) is 1.08. The van der Waals surface area contributed by atoms with Crippen LogP contribution in [-0.2, 0) is 6.54 Å². The van der Waals surface area contributed by atoms with Crippen molar-refractivity contribution in [2.24, 2.45) is 5.92 Å². The molecule has 0 saturated heterocycles. The number of thiophene rings is 1. The molecule has 0 spiro atoms. The number of aromatic nitrogens is 2. The molecular weight excluding hydrogens is 294 g/mol. The van der Waals surface area contributed by atoms with Crippen LogP contribution in [0, 0.1) is 12.8 Å².